The summed E-state index contributed by atoms with van der Waals surface area (Å²) in [6.07, 6.45) is 1.36. The number of aromatic nitrogens is 2. The number of rotatable bonds is 4. The third-order valence-corrected chi connectivity index (χ3v) is 5.18. The van der Waals surface area contributed by atoms with E-state index in [2.05, 4.69) is 25.9 Å². The Hall–Kier alpha value is -4.49. The number of nitriles is 1. The molecule has 2 heterocycles. The fraction of sp³-hybridized carbons (Fsp3) is 0. The van der Waals surface area contributed by atoms with Gasteiger partial charge in [0.15, 0.2) is 0 Å². The second-order valence-corrected chi connectivity index (χ2v) is 7.25. The smallest absolute Gasteiger partial charge is 0.323 e. The van der Waals surface area contributed by atoms with Gasteiger partial charge in [-0.25, -0.2) is 14.8 Å². The Labute approximate surface area is 180 Å². The highest BCUT2D eigenvalue weighted by atomic mass is 32.1. The minimum Gasteiger partial charge on any atom is -0.383 e. The van der Waals surface area contributed by atoms with Crippen molar-refractivity contribution in [3.8, 4) is 6.07 Å². The SMILES string of the molecule is N#Cc1cccc(NC(=O)Nc2ccc(NC(=O)c3csc4ncnc(N)c34)cc2)c1. The van der Waals surface area contributed by atoms with Gasteiger partial charge in [0.25, 0.3) is 5.91 Å². The van der Waals surface area contributed by atoms with E-state index in [9.17, 15) is 9.59 Å². The molecule has 4 aromatic rings. The second kappa shape index (κ2) is 8.48. The molecule has 10 heteroatoms. The number of hydrogen-bond acceptors (Lipinski definition) is 7. The highest BCUT2D eigenvalue weighted by Crippen LogP contribution is 2.28. The first-order valence-electron chi connectivity index (χ1n) is 9.01. The standard InChI is InChI=1S/C21H15N7O2S/c22-9-12-2-1-3-15(8-12)28-21(30)27-14-6-4-13(5-7-14)26-19(29)16-10-31-20-17(16)18(23)24-11-25-20/h1-8,10-11H,(H,26,29)(H2,23,24,25)(H2,27,28,30). The van der Waals surface area contributed by atoms with Crippen LogP contribution in [0, 0.1) is 11.3 Å². The Morgan fingerprint density at radius 1 is 0.968 bits per heavy atom. The van der Waals surface area contributed by atoms with Gasteiger partial charge >= 0.3 is 6.03 Å². The summed E-state index contributed by atoms with van der Waals surface area (Å²) in [5, 5.41) is 19.3. The third kappa shape index (κ3) is 4.42. The molecule has 0 unspecified atom stereocenters. The van der Waals surface area contributed by atoms with Crippen LogP contribution in [0.4, 0.5) is 27.7 Å². The van der Waals surface area contributed by atoms with E-state index in [-0.39, 0.29) is 11.7 Å². The maximum Gasteiger partial charge on any atom is 0.323 e. The molecule has 0 saturated heterocycles. The molecule has 0 atom stereocenters. The van der Waals surface area contributed by atoms with Gasteiger partial charge in [0, 0.05) is 22.4 Å². The van der Waals surface area contributed by atoms with Crippen molar-refractivity contribution in [2.75, 3.05) is 21.7 Å². The van der Waals surface area contributed by atoms with Crippen LogP contribution in [0.25, 0.3) is 10.2 Å². The van der Waals surface area contributed by atoms with Crippen molar-refractivity contribution in [1.29, 1.82) is 5.26 Å². The van der Waals surface area contributed by atoms with E-state index in [1.807, 2.05) is 6.07 Å². The summed E-state index contributed by atoms with van der Waals surface area (Å²) in [6, 6.07) is 14.8. The van der Waals surface area contributed by atoms with Crippen LogP contribution in [0.3, 0.4) is 0 Å². The molecule has 0 bridgehead atoms. The minimum absolute atomic E-state index is 0.252. The van der Waals surface area contributed by atoms with Crippen molar-refractivity contribution in [2.24, 2.45) is 0 Å². The Kier molecular flexibility index (Phi) is 5.42. The van der Waals surface area contributed by atoms with Crippen LogP contribution in [0.15, 0.2) is 60.2 Å². The van der Waals surface area contributed by atoms with Gasteiger partial charge in [-0.2, -0.15) is 5.26 Å². The van der Waals surface area contributed by atoms with Gasteiger partial charge in [-0.15, -0.1) is 11.3 Å². The van der Waals surface area contributed by atoms with Crippen molar-refractivity contribution >= 4 is 56.4 Å². The third-order valence-electron chi connectivity index (χ3n) is 4.29. The number of nitrogens with two attached hydrogens (primary N) is 1. The van der Waals surface area contributed by atoms with E-state index < -0.39 is 6.03 Å². The van der Waals surface area contributed by atoms with E-state index in [0.717, 1.165) is 0 Å². The van der Waals surface area contributed by atoms with Gasteiger partial charge < -0.3 is 21.7 Å². The van der Waals surface area contributed by atoms with Gasteiger partial charge in [-0.1, -0.05) is 6.07 Å². The molecule has 0 aliphatic rings. The number of nitrogens with zero attached hydrogens (tertiary/aromatic N) is 3. The summed E-state index contributed by atoms with van der Waals surface area (Å²) in [5.41, 5.74) is 8.32. The monoisotopic (exact) mass is 429 g/mol. The maximum atomic E-state index is 12.6. The van der Waals surface area contributed by atoms with Gasteiger partial charge in [-0.3, -0.25) is 4.79 Å². The molecule has 5 N–H and O–H groups in total. The molecule has 0 aliphatic heterocycles. The van der Waals surface area contributed by atoms with Crippen molar-refractivity contribution < 1.29 is 9.59 Å². The Morgan fingerprint density at radius 2 is 1.68 bits per heavy atom. The highest BCUT2D eigenvalue weighted by molar-refractivity contribution is 7.17. The normalized spacial score (nSPS) is 10.3. The van der Waals surface area contributed by atoms with Gasteiger partial charge in [0.05, 0.1) is 22.6 Å². The number of carbonyl (C=O) groups excluding carboxylic acids is 2. The predicted octanol–water partition coefficient (Wildman–Crippen LogP) is 4.04. The van der Waals surface area contributed by atoms with Crippen LogP contribution in [0.1, 0.15) is 15.9 Å². The molecule has 9 nitrogen and oxygen atoms in total. The molecule has 2 aromatic heterocycles. The lowest BCUT2D eigenvalue weighted by Crippen LogP contribution is -2.19. The van der Waals surface area contributed by atoms with Crippen LogP contribution in [-0.4, -0.2) is 21.9 Å². The first-order chi connectivity index (χ1) is 15.0. The van der Waals surface area contributed by atoms with E-state index in [1.54, 1.807) is 53.9 Å². The number of urea groups is 1. The van der Waals surface area contributed by atoms with Crippen LogP contribution >= 0.6 is 11.3 Å². The summed E-state index contributed by atoms with van der Waals surface area (Å²) in [4.78, 5) is 33.5. The van der Waals surface area contributed by atoms with E-state index in [1.165, 1.54) is 17.7 Å². The zero-order valence-electron chi connectivity index (χ0n) is 15.9. The van der Waals surface area contributed by atoms with Crippen molar-refractivity contribution in [1.82, 2.24) is 9.97 Å². The lowest BCUT2D eigenvalue weighted by atomic mass is 10.2. The summed E-state index contributed by atoms with van der Waals surface area (Å²) in [5.74, 6) is -0.0779. The molecule has 0 saturated carbocycles. The van der Waals surface area contributed by atoms with E-state index in [4.69, 9.17) is 11.0 Å². The van der Waals surface area contributed by atoms with Gasteiger partial charge in [0.2, 0.25) is 0 Å². The van der Waals surface area contributed by atoms with Gasteiger partial charge in [0.1, 0.15) is 17.0 Å². The van der Waals surface area contributed by atoms with Crippen LogP contribution in [0.2, 0.25) is 0 Å². The molecule has 0 spiro atoms. The topological polar surface area (TPSA) is 146 Å². The van der Waals surface area contributed by atoms with Crippen molar-refractivity contribution in [3.05, 3.63) is 71.4 Å². The van der Waals surface area contributed by atoms with E-state index >= 15 is 0 Å². The largest absolute Gasteiger partial charge is 0.383 e. The summed E-state index contributed by atoms with van der Waals surface area (Å²) < 4.78 is 0. The number of thiophene rings is 1. The molecule has 31 heavy (non-hydrogen) atoms. The zero-order chi connectivity index (χ0) is 21.8. The Balaban J connectivity index is 1.40. The number of nitrogen functional groups attached to an aromatic ring is 1. The number of fused-ring (bicyclic) bond motifs is 1. The molecule has 0 aliphatic carbocycles. The number of anilines is 4. The maximum absolute atomic E-state index is 12.6. The molecule has 2 aromatic carbocycles. The summed E-state index contributed by atoms with van der Waals surface area (Å²) in [7, 11) is 0. The van der Waals surface area contributed by atoms with E-state index in [0.29, 0.717) is 38.4 Å². The van der Waals surface area contributed by atoms with Crippen molar-refractivity contribution in [2.45, 2.75) is 0 Å². The lowest BCUT2D eigenvalue weighted by molar-refractivity contribution is 0.102. The fourth-order valence-electron chi connectivity index (χ4n) is 2.86. The van der Waals surface area contributed by atoms with Gasteiger partial charge in [-0.05, 0) is 42.5 Å². The molecule has 0 radical (unpaired) electrons. The minimum atomic E-state index is -0.452. The van der Waals surface area contributed by atoms with Crippen LogP contribution in [-0.2, 0) is 0 Å². The number of amides is 3. The quantitative estimate of drug-likeness (QED) is 0.385. The number of carbonyl (C=O) groups is 2. The molecular weight excluding hydrogens is 414 g/mol. The lowest BCUT2D eigenvalue weighted by Gasteiger charge is -2.09. The first kappa shape index (κ1) is 19.8. The predicted molar refractivity (Wildman–Crippen MR) is 120 cm³/mol. The highest BCUT2D eigenvalue weighted by Gasteiger charge is 2.16. The Bertz CT molecular complexity index is 1330. The Morgan fingerprint density at radius 3 is 2.42 bits per heavy atom. The zero-order valence-corrected chi connectivity index (χ0v) is 16.7. The van der Waals surface area contributed by atoms with Crippen LogP contribution < -0.4 is 21.7 Å². The molecule has 3 amide bonds. The molecule has 4 rings (SSSR count). The molecule has 152 valence electrons. The number of benzene rings is 2. The first-order valence-corrected chi connectivity index (χ1v) is 9.89. The summed E-state index contributed by atoms with van der Waals surface area (Å²) in [6.45, 7) is 0. The number of nitrogens with one attached hydrogen (secondary N) is 3. The van der Waals surface area contributed by atoms with Crippen LogP contribution in [0.5, 0.6) is 0 Å². The van der Waals surface area contributed by atoms with Crippen molar-refractivity contribution in [3.63, 3.8) is 0 Å². The molecule has 0 fully saturated rings. The fourth-order valence-corrected chi connectivity index (χ4v) is 3.76. The number of hydrogen-bond donors (Lipinski definition) is 4. The second-order valence-electron chi connectivity index (χ2n) is 6.39. The summed E-state index contributed by atoms with van der Waals surface area (Å²) >= 11 is 1.31. The average molecular weight is 429 g/mol. The average Bonchev–Trinajstić information content (AvgIpc) is 3.21. The molecular formula is C21H15N7O2S.